The molecule has 2 aliphatic heterocycles. The van der Waals surface area contributed by atoms with Crippen molar-refractivity contribution in [3.8, 4) is 0 Å². The Hall–Kier alpha value is -2.46. The number of amides is 3. The SMILES string of the molecule is CCN(CC)S(=O)(=O)c1ccc(C(=O)N2CC(N3C(=O)COC3=O)C2)cc1. The third-order valence-electron chi connectivity index (χ3n) is 4.74. The molecule has 0 N–H and O–H groups in total. The molecule has 10 heteroatoms. The number of cyclic esters (lactones) is 1. The monoisotopic (exact) mass is 395 g/mol. The molecule has 1 aromatic carbocycles. The van der Waals surface area contributed by atoms with E-state index in [1.54, 1.807) is 13.8 Å². The minimum Gasteiger partial charge on any atom is -0.439 e. The van der Waals surface area contributed by atoms with E-state index in [0.717, 1.165) is 4.90 Å². The minimum atomic E-state index is -3.57. The molecule has 0 atom stereocenters. The van der Waals surface area contributed by atoms with Crippen LogP contribution in [0.3, 0.4) is 0 Å². The van der Waals surface area contributed by atoms with Crippen LogP contribution in [0, 0.1) is 0 Å². The Balaban J connectivity index is 1.66. The molecule has 146 valence electrons. The largest absolute Gasteiger partial charge is 0.439 e. The predicted molar refractivity (Wildman–Crippen MR) is 94.4 cm³/mol. The van der Waals surface area contributed by atoms with Gasteiger partial charge in [-0.25, -0.2) is 18.1 Å². The molecule has 0 aromatic heterocycles. The van der Waals surface area contributed by atoms with Crippen LogP contribution in [0.4, 0.5) is 4.79 Å². The number of benzene rings is 1. The van der Waals surface area contributed by atoms with E-state index in [2.05, 4.69) is 4.74 Å². The first kappa shape index (κ1) is 19.3. The summed E-state index contributed by atoms with van der Waals surface area (Å²) in [5.74, 6) is -0.680. The van der Waals surface area contributed by atoms with Crippen molar-refractivity contribution in [1.82, 2.24) is 14.1 Å². The molecule has 2 aliphatic rings. The average Bonchev–Trinajstić information content (AvgIpc) is 2.94. The van der Waals surface area contributed by atoms with E-state index in [9.17, 15) is 22.8 Å². The third kappa shape index (κ3) is 3.42. The van der Waals surface area contributed by atoms with Crippen molar-refractivity contribution in [1.29, 1.82) is 0 Å². The molecular formula is C17H21N3O6S. The molecule has 2 fully saturated rings. The Bertz CT molecular complexity index is 841. The van der Waals surface area contributed by atoms with Crippen LogP contribution in [-0.2, 0) is 19.6 Å². The molecule has 2 saturated heterocycles. The van der Waals surface area contributed by atoms with Crippen molar-refractivity contribution >= 4 is 27.9 Å². The van der Waals surface area contributed by atoms with Crippen LogP contribution in [0.2, 0.25) is 0 Å². The average molecular weight is 395 g/mol. The van der Waals surface area contributed by atoms with Crippen LogP contribution >= 0.6 is 0 Å². The van der Waals surface area contributed by atoms with Crippen LogP contribution in [0.25, 0.3) is 0 Å². The van der Waals surface area contributed by atoms with Gasteiger partial charge < -0.3 is 9.64 Å². The van der Waals surface area contributed by atoms with Crippen molar-refractivity contribution < 1.29 is 27.5 Å². The van der Waals surface area contributed by atoms with Crippen LogP contribution in [0.5, 0.6) is 0 Å². The highest BCUT2D eigenvalue weighted by atomic mass is 32.2. The van der Waals surface area contributed by atoms with Crippen LogP contribution in [0.15, 0.2) is 29.2 Å². The Labute approximate surface area is 157 Å². The normalized spacial score (nSPS) is 18.0. The smallest absolute Gasteiger partial charge is 0.417 e. The van der Waals surface area contributed by atoms with Crippen molar-refractivity contribution in [2.24, 2.45) is 0 Å². The lowest BCUT2D eigenvalue weighted by Crippen LogP contribution is -2.62. The first-order chi connectivity index (χ1) is 12.8. The van der Waals surface area contributed by atoms with Gasteiger partial charge in [0.15, 0.2) is 6.61 Å². The lowest BCUT2D eigenvalue weighted by Gasteiger charge is -2.41. The van der Waals surface area contributed by atoms with Gasteiger partial charge in [0, 0.05) is 31.7 Å². The molecule has 9 nitrogen and oxygen atoms in total. The Kier molecular flexibility index (Phi) is 5.20. The lowest BCUT2D eigenvalue weighted by atomic mass is 10.1. The summed E-state index contributed by atoms with van der Waals surface area (Å²) in [4.78, 5) is 38.3. The van der Waals surface area contributed by atoms with Crippen LogP contribution in [-0.4, -0.2) is 79.3 Å². The van der Waals surface area contributed by atoms with Crippen LogP contribution in [0.1, 0.15) is 24.2 Å². The number of hydrogen-bond donors (Lipinski definition) is 0. The van der Waals surface area contributed by atoms with Crippen molar-refractivity contribution in [3.05, 3.63) is 29.8 Å². The molecule has 27 heavy (non-hydrogen) atoms. The van der Waals surface area contributed by atoms with Gasteiger partial charge in [0.05, 0.1) is 10.9 Å². The number of ether oxygens (including phenoxy) is 1. The van der Waals surface area contributed by atoms with Gasteiger partial charge in [0.1, 0.15) is 0 Å². The number of rotatable bonds is 6. The number of sulfonamides is 1. The molecule has 0 unspecified atom stereocenters. The first-order valence-electron chi connectivity index (χ1n) is 8.67. The van der Waals surface area contributed by atoms with Crippen molar-refractivity contribution in [2.75, 3.05) is 32.8 Å². The standard InChI is InChI=1S/C17H21N3O6S/c1-3-19(4-2)27(24,25)14-7-5-12(6-8-14)16(22)18-9-13(10-18)20-15(21)11-26-17(20)23/h5-8,13H,3-4,9-11H2,1-2H3. The Morgan fingerprint density at radius 1 is 1.15 bits per heavy atom. The second kappa shape index (κ2) is 7.28. The summed E-state index contributed by atoms with van der Waals surface area (Å²) >= 11 is 0. The summed E-state index contributed by atoms with van der Waals surface area (Å²) in [5.41, 5.74) is 0.349. The highest BCUT2D eigenvalue weighted by Crippen LogP contribution is 2.23. The molecule has 0 radical (unpaired) electrons. The maximum absolute atomic E-state index is 12.5. The maximum Gasteiger partial charge on any atom is 0.417 e. The minimum absolute atomic E-state index is 0.134. The second-order valence-electron chi connectivity index (χ2n) is 6.30. The van der Waals surface area contributed by atoms with E-state index in [1.165, 1.54) is 33.5 Å². The molecule has 0 aliphatic carbocycles. The Morgan fingerprint density at radius 3 is 2.22 bits per heavy atom. The number of hydrogen-bond acceptors (Lipinski definition) is 6. The molecule has 2 heterocycles. The highest BCUT2D eigenvalue weighted by molar-refractivity contribution is 7.89. The zero-order chi connectivity index (χ0) is 19.8. The number of nitrogens with zero attached hydrogens (tertiary/aromatic N) is 3. The fraction of sp³-hybridized carbons (Fsp3) is 0.471. The van der Waals surface area contributed by atoms with Gasteiger partial charge in [-0.1, -0.05) is 13.8 Å². The fourth-order valence-corrected chi connectivity index (χ4v) is 4.62. The number of carbonyl (C=O) groups is 3. The van der Waals surface area contributed by atoms with Gasteiger partial charge in [0.25, 0.3) is 11.8 Å². The second-order valence-corrected chi connectivity index (χ2v) is 8.23. The summed E-state index contributed by atoms with van der Waals surface area (Å²) in [5, 5.41) is 0. The number of imide groups is 1. The summed E-state index contributed by atoms with van der Waals surface area (Å²) in [6.07, 6.45) is -0.678. The zero-order valence-electron chi connectivity index (χ0n) is 15.1. The zero-order valence-corrected chi connectivity index (χ0v) is 15.9. The van der Waals surface area contributed by atoms with Gasteiger partial charge in [0.2, 0.25) is 10.0 Å². The molecule has 0 bridgehead atoms. The highest BCUT2D eigenvalue weighted by Gasteiger charge is 2.44. The predicted octanol–water partition coefficient (Wildman–Crippen LogP) is 0.520. The topological polar surface area (TPSA) is 104 Å². The van der Waals surface area contributed by atoms with Crippen LogP contribution < -0.4 is 0 Å². The lowest BCUT2D eigenvalue weighted by molar-refractivity contribution is -0.129. The van der Waals surface area contributed by atoms with Gasteiger partial charge in [-0.05, 0) is 24.3 Å². The molecule has 3 rings (SSSR count). The summed E-state index contributed by atoms with van der Waals surface area (Å²) < 4.78 is 31.0. The van der Waals surface area contributed by atoms with E-state index in [0.29, 0.717) is 18.7 Å². The van der Waals surface area contributed by atoms with Gasteiger partial charge >= 0.3 is 6.09 Å². The summed E-state index contributed by atoms with van der Waals surface area (Å²) in [6.45, 7) is 4.48. The summed E-state index contributed by atoms with van der Waals surface area (Å²) in [6, 6.07) is 5.40. The molecule has 3 amide bonds. The number of likely N-dealkylation sites (tertiary alicyclic amines) is 1. The maximum atomic E-state index is 12.5. The van der Waals surface area contributed by atoms with E-state index in [-0.39, 0.29) is 36.5 Å². The third-order valence-corrected chi connectivity index (χ3v) is 6.81. The van der Waals surface area contributed by atoms with E-state index < -0.39 is 22.0 Å². The summed E-state index contributed by atoms with van der Waals surface area (Å²) in [7, 11) is -3.57. The van der Waals surface area contributed by atoms with E-state index in [4.69, 9.17) is 0 Å². The Morgan fingerprint density at radius 2 is 1.74 bits per heavy atom. The molecule has 0 spiro atoms. The van der Waals surface area contributed by atoms with E-state index >= 15 is 0 Å². The number of carbonyl (C=O) groups excluding carboxylic acids is 3. The molecule has 0 saturated carbocycles. The van der Waals surface area contributed by atoms with Gasteiger partial charge in [-0.3, -0.25) is 9.59 Å². The quantitative estimate of drug-likeness (QED) is 0.696. The van der Waals surface area contributed by atoms with Crippen molar-refractivity contribution in [3.63, 3.8) is 0 Å². The van der Waals surface area contributed by atoms with Crippen molar-refractivity contribution in [2.45, 2.75) is 24.8 Å². The van der Waals surface area contributed by atoms with Gasteiger partial charge in [-0.15, -0.1) is 0 Å². The van der Waals surface area contributed by atoms with Gasteiger partial charge in [-0.2, -0.15) is 4.31 Å². The fourth-order valence-electron chi connectivity index (χ4n) is 3.17. The molecule has 1 aromatic rings. The van der Waals surface area contributed by atoms with E-state index in [1.807, 2.05) is 0 Å². The molecular weight excluding hydrogens is 374 g/mol. The first-order valence-corrected chi connectivity index (χ1v) is 10.1.